The Hall–Kier alpha value is -7.78. The minimum atomic E-state index is 0.827. The second-order valence-electron chi connectivity index (χ2n) is 17.1. The van der Waals surface area contributed by atoms with Crippen molar-refractivity contribution >= 4 is 48.6 Å². The highest BCUT2D eigenvalue weighted by Crippen LogP contribution is 2.60. The molecule has 300 valence electrons. The average molecular weight is 832 g/mol. The minimum absolute atomic E-state index is 0.827. The SMILES string of the molecule is c1ccc(-c2cc3c(c(N(c4c5c(cc(-c6ccccc6)c4-c4ccccc4)-c4ccccc4C5)c4cccc5sc6ccccc6c45)c2-c2ccccc2)Cc2ccccc2-3)cc1. The molecule has 11 aromatic rings. The van der Waals surface area contributed by atoms with E-state index in [2.05, 4.69) is 229 Å². The maximum atomic E-state index is 2.76. The predicted octanol–water partition coefficient (Wildman–Crippen LogP) is 17.3. The molecule has 0 unspecified atom stereocenters. The van der Waals surface area contributed by atoms with E-state index in [1.54, 1.807) is 0 Å². The van der Waals surface area contributed by atoms with E-state index in [4.69, 9.17) is 0 Å². The molecule has 1 aromatic heterocycles. The Labute approximate surface area is 377 Å². The van der Waals surface area contributed by atoms with Gasteiger partial charge in [0.05, 0.1) is 17.1 Å². The molecule has 0 fully saturated rings. The van der Waals surface area contributed by atoms with Gasteiger partial charge in [0, 0.05) is 44.1 Å². The molecule has 0 N–H and O–H groups in total. The van der Waals surface area contributed by atoms with E-state index in [-0.39, 0.29) is 0 Å². The lowest BCUT2D eigenvalue weighted by Gasteiger charge is -2.36. The van der Waals surface area contributed by atoms with Crippen molar-refractivity contribution in [2.24, 2.45) is 0 Å². The molecule has 0 atom stereocenters. The molecule has 0 radical (unpaired) electrons. The lowest BCUT2D eigenvalue weighted by molar-refractivity contribution is 1.17. The number of hydrogen-bond donors (Lipinski definition) is 0. The molecule has 2 aliphatic rings. The van der Waals surface area contributed by atoms with Crippen molar-refractivity contribution < 1.29 is 0 Å². The summed E-state index contributed by atoms with van der Waals surface area (Å²) >= 11 is 1.89. The van der Waals surface area contributed by atoms with E-state index in [1.807, 2.05) is 11.3 Å². The lowest BCUT2D eigenvalue weighted by Crippen LogP contribution is -2.18. The summed E-state index contributed by atoms with van der Waals surface area (Å²) in [6, 6.07) is 83.7. The van der Waals surface area contributed by atoms with Gasteiger partial charge in [0.2, 0.25) is 0 Å². The van der Waals surface area contributed by atoms with Crippen molar-refractivity contribution in [2.75, 3.05) is 4.90 Å². The van der Waals surface area contributed by atoms with Crippen molar-refractivity contribution in [3.8, 4) is 66.8 Å². The van der Waals surface area contributed by atoms with Gasteiger partial charge in [-0.15, -0.1) is 11.3 Å². The number of rotatable bonds is 7. The smallest absolute Gasteiger partial charge is 0.0588 e. The maximum absolute atomic E-state index is 2.76. The molecule has 1 nitrogen and oxygen atoms in total. The van der Waals surface area contributed by atoms with Crippen LogP contribution in [0.3, 0.4) is 0 Å². The molecule has 1 heterocycles. The first-order valence-corrected chi connectivity index (χ1v) is 23.1. The van der Waals surface area contributed by atoms with Crippen LogP contribution in [0, 0.1) is 0 Å². The van der Waals surface area contributed by atoms with Crippen LogP contribution in [0.15, 0.2) is 224 Å². The van der Waals surface area contributed by atoms with Crippen molar-refractivity contribution in [1.82, 2.24) is 0 Å². The number of thiophene rings is 1. The Balaban J connectivity index is 1.29. The van der Waals surface area contributed by atoms with Crippen LogP contribution in [0.1, 0.15) is 22.3 Å². The molecule has 0 aliphatic heterocycles. The molecule has 64 heavy (non-hydrogen) atoms. The van der Waals surface area contributed by atoms with E-state index in [9.17, 15) is 0 Å². The predicted molar refractivity (Wildman–Crippen MR) is 272 cm³/mol. The highest BCUT2D eigenvalue weighted by molar-refractivity contribution is 7.26. The second kappa shape index (κ2) is 14.9. The van der Waals surface area contributed by atoms with Gasteiger partial charge in [-0.05, 0) is 108 Å². The largest absolute Gasteiger partial charge is 0.308 e. The number of benzene rings is 10. The Kier molecular flexibility index (Phi) is 8.60. The van der Waals surface area contributed by atoms with Gasteiger partial charge in [-0.25, -0.2) is 0 Å². The number of fused-ring (bicyclic) bond motifs is 9. The molecule has 0 bridgehead atoms. The summed E-state index contributed by atoms with van der Waals surface area (Å²) in [7, 11) is 0. The first kappa shape index (κ1) is 36.8. The Bertz CT molecular complexity index is 3400. The summed E-state index contributed by atoms with van der Waals surface area (Å²) < 4.78 is 2.58. The standard InChI is InChI=1S/C62H41NS/c1-5-20-40(21-6-1)49-38-51-46-30-15-13-28-44(46)36-53(51)61(58(49)42-24-9-3-10-25-42)63(55-33-19-35-57-60(55)48-32-17-18-34-56(48)64-57)62-54-37-45-29-14-16-31-47(45)52(54)39-50(41-22-7-2-8-23-41)59(62)43-26-11-4-12-27-43/h1-35,38-39H,36-37H2. The third-order valence-corrected chi connectivity index (χ3v) is 14.7. The van der Waals surface area contributed by atoms with Crippen molar-refractivity contribution in [3.63, 3.8) is 0 Å². The summed E-state index contributed by atoms with van der Waals surface area (Å²) in [5.41, 5.74) is 24.1. The Morgan fingerprint density at radius 3 is 1.27 bits per heavy atom. The number of hydrogen-bond acceptors (Lipinski definition) is 2. The van der Waals surface area contributed by atoms with Crippen LogP contribution in [-0.2, 0) is 12.8 Å². The molecular formula is C62H41NS. The van der Waals surface area contributed by atoms with Gasteiger partial charge in [0.25, 0.3) is 0 Å². The van der Waals surface area contributed by atoms with Crippen molar-refractivity contribution in [2.45, 2.75) is 12.8 Å². The van der Waals surface area contributed by atoms with Crippen LogP contribution in [0.25, 0.3) is 86.9 Å². The fourth-order valence-electron chi connectivity index (χ4n) is 10.8. The normalized spacial score (nSPS) is 12.2. The van der Waals surface area contributed by atoms with Gasteiger partial charge in [-0.1, -0.05) is 194 Å². The van der Waals surface area contributed by atoms with Crippen molar-refractivity contribution in [3.05, 3.63) is 247 Å². The van der Waals surface area contributed by atoms with Gasteiger partial charge in [-0.3, -0.25) is 0 Å². The van der Waals surface area contributed by atoms with Crippen LogP contribution >= 0.6 is 11.3 Å². The molecule has 0 saturated heterocycles. The topological polar surface area (TPSA) is 3.24 Å². The highest BCUT2D eigenvalue weighted by Gasteiger charge is 2.37. The van der Waals surface area contributed by atoms with E-state index >= 15 is 0 Å². The monoisotopic (exact) mass is 831 g/mol. The number of anilines is 3. The quantitative estimate of drug-likeness (QED) is 0.155. The van der Waals surface area contributed by atoms with Crippen LogP contribution in [-0.4, -0.2) is 0 Å². The zero-order valence-electron chi connectivity index (χ0n) is 35.1. The molecule has 0 spiro atoms. The first-order chi connectivity index (χ1) is 31.8. The third-order valence-electron chi connectivity index (χ3n) is 13.5. The molecule has 2 heteroatoms. The van der Waals surface area contributed by atoms with E-state index in [0.29, 0.717) is 0 Å². The van der Waals surface area contributed by atoms with Gasteiger partial charge in [0.15, 0.2) is 0 Å². The summed E-state index contributed by atoms with van der Waals surface area (Å²) in [6.07, 6.45) is 1.65. The van der Waals surface area contributed by atoms with Gasteiger partial charge < -0.3 is 4.90 Å². The summed E-state index contributed by atoms with van der Waals surface area (Å²) in [5.74, 6) is 0. The summed E-state index contributed by atoms with van der Waals surface area (Å²) in [5, 5.41) is 2.56. The molecule has 2 aliphatic carbocycles. The molecular weight excluding hydrogens is 791 g/mol. The van der Waals surface area contributed by atoms with Gasteiger partial charge in [0.1, 0.15) is 0 Å². The molecule has 10 aromatic carbocycles. The van der Waals surface area contributed by atoms with Gasteiger partial charge >= 0.3 is 0 Å². The second-order valence-corrected chi connectivity index (χ2v) is 18.1. The zero-order chi connectivity index (χ0) is 42.1. The minimum Gasteiger partial charge on any atom is -0.308 e. The van der Waals surface area contributed by atoms with E-state index in [1.165, 1.54) is 126 Å². The van der Waals surface area contributed by atoms with Crippen LogP contribution in [0.5, 0.6) is 0 Å². The fourth-order valence-corrected chi connectivity index (χ4v) is 11.9. The average Bonchev–Trinajstić information content (AvgIpc) is 4.06. The Morgan fingerprint density at radius 1 is 0.328 bits per heavy atom. The lowest BCUT2D eigenvalue weighted by atomic mass is 9.84. The summed E-state index contributed by atoms with van der Waals surface area (Å²) in [6.45, 7) is 0. The third kappa shape index (κ3) is 5.76. The van der Waals surface area contributed by atoms with E-state index < -0.39 is 0 Å². The van der Waals surface area contributed by atoms with E-state index in [0.717, 1.165) is 12.8 Å². The Morgan fingerprint density at radius 2 is 0.750 bits per heavy atom. The van der Waals surface area contributed by atoms with Crippen molar-refractivity contribution in [1.29, 1.82) is 0 Å². The highest BCUT2D eigenvalue weighted by atomic mass is 32.1. The maximum Gasteiger partial charge on any atom is 0.0588 e. The number of nitrogens with zero attached hydrogens (tertiary/aromatic N) is 1. The zero-order valence-corrected chi connectivity index (χ0v) is 35.9. The fraction of sp³-hybridized carbons (Fsp3) is 0.0323. The summed E-state index contributed by atoms with van der Waals surface area (Å²) in [4.78, 5) is 2.76. The van der Waals surface area contributed by atoms with Crippen LogP contribution < -0.4 is 4.90 Å². The molecule has 0 saturated carbocycles. The first-order valence-electron chi connectivity index (χ1n) is 22.3. The molecule has 13 rings (SSSR count). The molecule has 0 amide bonds. The van der Waals surface area contributed by atoms with Gasteiger partial charge in [-0.2, -0.15) is 0 Å². The van der Waals surface area contributed by atoms with Crippen LogP contribution in [0.4, 0.5) is 17.1 Å². The van der Waals surface area contributed by atoms with Crippen LogP contribution in [0.2, 0.25) is 0 Å².